The lowest BCUT2D eigenvalue weighted by Crippen LogP contribution is -2.40. The summed E-state index contributed by atoms with van der Waals surface area (Å²) in [5.41, 5.74) is -0.704. The van der Waals surface area contributed by atoms with Crippen LogP contribution in [0.25, 0.3) is 0 Å². The Kier molecular flexibility index (Phi) is 3.82. The van der Waals surface area contributed by atoms with E-state index >= 15 is 0 Å². The normalized spacial score (nSPS) is 11.3. The van der Waals surface area contributed by atoms with Gasteiger partial charge in [0, 0.05) is 0 Å². The van der Waals surface area contributed by atoms with Crippen molar-refractivity contribution in [3.8, 4) is 0 Å². The summed E-state index contributed by atoms with van der Waals surface area (Å²) in [4.78, 5) is 11.0. The van der Waals surface area contributed by atoms with Gasteiger partial charge in [0.1, 0.15) is 5.41 Å². The van der Waals surface area contributed by atoms with Crippen LogP contribution in [0.5, 0.6) is 0 Å². The third-order valence-electron chi connectivity index (χ3n) is 2.44. The Morgan fingerprint density at radius 2 is 1.67 bits per heavy atom. The quantitative estimate of drug-likeness (QED) is 0.652. The molecule has 1 aromatic rings. The lowest BCUT2D eigenvalue weighted by atomic mass is 9.83. The number of carboxylic acid groups (broad SMARTS) is 1. The fraction of sp³-hybridized carbons (Fsp3) is 0.364. The van der Waals surface area contributed by atoms with E-state index in [9.17, 15) is 4.79 Å². The van der Waals surface area contributed by atoms with Crippen molar-refractivity contribution < 1.29 is 20.1 Å². The number of hydrogen-bond donors (Lipinski definition) is 3. The minimum atomic E-state index is -1.48. The Morgan fingerprint density at radius 3 is 2.07 bits per heavy atom. The summed E-state index contributed by atoms with van der Waals surface area (Å²) in [6.45, 7) is -1.15. The van der Waals surface area contributed by atoms with Gasteiger partial charge >= 0.3 is 5.97 Å². The predicted octanol–water partition coefficient (Wildman–Crippen LogP) is 0.285. The fourth-order valence-corrected chi connectivity index (χ4v) is 1.36. The summed E-state index contributed by atoms with van der Waals surface area (Å²) in [6, 6.07) is 8.93. The molecule has 0 atom stereocenters. The molecule has 0 amide bonds. The van der Waals surface area contributed by atoms with Gasteiger partial charge in [0.25, 0.3) is 0 Å². The first-order valence-electron chi connectivity index (χ1n) is 4.64. The highest BCUT2D eigenvalue weighted by Crippen LogP contribution is 2.22. The molecule has 4 heteroatoms. The van der Waals surface area contributed by atoms with Crippen LogP contribution in [0.15, 0.2) is 30.3 Å². The van der Waals surface area contributed by atoms with Crippen LogP contribution in [0.1, 0.15) is 5.56 Å². The Morgan fingerprint density at radius 1 is 1.13 bits per heavy atom. The monoisotopic (exact) mass is 210 g/mol. The molecule has 1 aromatic carbocycles. The van der Waals surface area contributed by atoms with E-state index in [4.69, 9.17) is 15.3 Å². The van der Waals surface area contributed by atoms with Gasteiger partial charge < -0.3 is 15.3 Å². The smallest absolute Gasteiger partial charge is 0.314 e. The number of aliphatic carboxylic acids is 1. The van der Waals surface area contributed by atoms with E-state index in [-0.39, 0.29) is 6.42 Å². The Hall–Kier alpha value is -1.39. The fourth-order valence-electron chi connectivity index (χ4n) is 1.36. The minimum Gasteiger partial charge on any atom is -0.481 e. The lowest BCUT2D eigenvalue weighted by molar-refractivity contribution is -0.154. The molecule has 0 fully saturated rings. The van der Waals surface area contributed by atoms with Crippen molar-refractivity contribution in [3.63, 3.8) is 0 Å². The van der Waals surface area contributed by atoms with E-state index in [2.05, 4.69) is 0 Å². The van der Waals surface area contributed by atoms with Crippen LogP contribution in [-0.4, -0.2) is 34.5 Å². The highest BCUT2D eigenvalue weighted by atomic mass is 16.4. The van der Waals surface area contributed by atoms with Gasteiger partial charge in [0.15, 0.2) is 0 Å². The van der Waals surface area contributed by atoms with Crippen molar-refractivity contribution in [2.45, 2.75) is 6.42 Å². The number of carboxylic acids is 1. The van der Waals surface area contributed by atoms with Crippen LogP contribution < -0.4 is 0 Å². The van der Waals surface area contributed by atoms with Gasteiger partial charge in [-0.2, -0.15) is 0 Å². The maximum Gasteiger partial charge on any atom is 0.314 e. The molecule has 0 radical (unpaired) electrons. The predicted molar refractivity (Wildman–Crippen MR) is 54.4 cm³/mol. The van der Waals surface area contributed by atoms with Gasteiger partial charge in [0.05, 0.1) is 13.2 Å². The van der Waals surface area contributed by atoms with Gasteiger partial charge in [-0.1, -0.05) is 30.3 Å². The van der Waals surface area contributed by atoms with Gasteiger partial charge in [-0.15, -0.1) is 0 Å². The van der Waals surface area contributed by atoms with Crippen molar-refractivity contribution in [1.82, 2.24) is 0 Å². The van der Waals surface area contributed by atoms with Crippen LogP contribution in [-0.2, 0) is 11.2 Å². The van der Waals surface area contributed by atoms with E-state index in [1.807, 2.05) is 6.07 Å². The summed E-state index contributed by atoms with van der Waals surface area (Å²) >= 11 is 0. The van der Waals surface area contributed by atoms with Crippen LogP contribution in [0.4, 0.5) is 0 Å². The average molecular weight is 210 g/mol. The van der Waals surface area contributed by atoms with E-state index in [1.165, 1.54) is 0 Å². The summed E-state index contributed by atoms with van der Waals surface area (Å²) in [5.74, 6) is -1.18. The molecular formula is C11H14O4. The lowest BCUT2D eigenvalue weighted by Gasteiger charge is -2.24. The van der Waals surface area contributed by atoms with Gasteiger partial charge in [-0.25, -0.2) is 0 Å². The molecular weight excluding hydrogens is 196 g/mol. The third kappa shape index (κ3) is 2.55. The number of rotatable bonds is 5. The van der Waals surface area contributed by atoms with Crippen molar-refractivity contribution in [2.75, 3.05) is 13.2 Å². The third-order valence-corrected chi connectivity index (χ3v) is 2.44. The number of aliphatic hydroxyl groups is 2. The molecule has 0 aromatic heterocycles. The highest BCUT2D eigenvalue weighted by Gasteiger charge is 2.37. The molecule has 4 nitrogen and oxygen atoms in total. The number of hydrogen-bond acceptors (Lipinski definition) is 3. The summed E-state index contributed by atoms with van der Waals surface area (Å²) < 4.78 is 0. The minimum absolute atomic E-state index is 0.121. The second-order valence-corrected chi connectivity index (χ2v) is 3.56. The van der Waals surface area contributed by atoms with Crippen molar-refractivity contribution >= 4 is 5.97 Å². The summed E-state index contributed by atoms with van der Waals surface area (Å²) in [6.07, 6.45) is 0.121. The SMILES string of the molecule is O=C(O)C(CO)(CO)Cc1ccccc1. The zero-order chi connectivity index (χ0) is 11.3. The Labute approximate surface area is 87.8 Å². The number of carbonyl (C=O) groups is 1. The number of aliphatic hydroxyl groups excluding tert-OH is 2. The second kappa shape index (κ2) is 4.91. The largest absolute Gasteiger partial charge is 0.481 e. The topological polar surface area (TPSA) is 77.8 Å². The molecule has 0 bridgehead atoms. The van der Waals surface area contributed by atoms with E-state index in [0.717, 1.165) is 5.56 Å². The van der Waals surface area contributed by atoms with E-state index in [0.29, 0.717) is 0 Å². The standard InChI is InChI=1S/C11H14O4/c12-7-11(8-13,10(14)15)6-9-4-2-1-3-5-9/h1-5,12-13H,6-8H2,(H,14,15). The molecule has 0 aliphatic carbocycles. The molecule has 0 aliphatic rings. The molecule has 0 heterocycles. The van der Waals surface area contributed by atoms with Crippen molar-refractivity contribution in [2.24, 2.45) is 5.41 Å². The second-order valence-electron chi connectivity index (χ2n) is 3.56. The number of benzene rings is 1. The molecule has 3 N–H and O–H groups in total. The molecule has 1 rings (SSSR count). The van der Waals surface area contributed by atoms with E-state index in [1.54, 1.807) is 24.3 Å². The molecule has 82 valence electrons. The molecule has 0 aliphatic heterocycles. The molecule has 0 spiro atoms. The average Bonchev–Trinajstić information content (AvgIpc) is 2.27. The Balaban J connectivity index is 2.89. The van der Waals surface area contributed by atoms with E-state index < -0.39 is 24.6 Å². The van der Waals surface area contributed by atoms with Crippen LogP contribution in [0.2, 0.25) is 0 Å². The maximum absolute atomic E-state index is 11.0. The first kappa shape index (κ1) is 11.7. The summed E-state index contributed by atoms with van der Waals surface area (Å²) in [5, 5.41) is 27.1. The molecule has 0 saturated heterocycles. The molecule has 15 heavy (non-hydrogen) atoms. The van der Waals surface area contributed by atoms with Gasteiger partial charge in [-0.05, 0) is 12.0 Å². The summed E-state index contributed by atoms with van der Waals surface area (Å²) in [7, 11) is 0. The molecule has 0 saturated carbocycles. The Bertz CT molecular complexity index is 317. The molecule has 0 unspecified atom stereocenters. The first-order chi connectivity index (χ1) is 7.14. The highest BCUT2D eigenvalue weighted by molar-refractivity contribution is 5.75. The van der Waals surface area contributed by atoms with Crippen LogP contribution in [0.3, 0.4) is 0 Å². The van der Waals surface area contributed by atoms with Gasteiger partial charge in [-0.3, -0.25) is 4.79 Å². The van der Waals surface area contributed by atoms with Gasteiger partial charge in [0.2, 0.25) is 0 Å². The van der Waals surface area contributed by atoms with Crippen molar-refractivity contribution in [1.29, 1.82) is 0 Å². The van der Waals surface area contributed by atoms with Crippen LogP contribution in [0, 0.1) is 5.41 Å². The van der Waals surface area contributed by atoms with Crippen LogP contribution >= 0.6 is 0 Å². The zero-order valence-electron chi connectivity index (χ0n) is 8.26. The first-order valence-corrected chi connectivity index (χ1v) is 4.64. The maximum atomic E-state index is 11.0. The zero-order valence-corrected chi connectivity index (χ0v) is 8.26. The van der Waals surface area contributed by atoms with Crippen molar-refractivity contribution in [3.05, 3.63) is 35.9 Å².